The van der Waals surface area contributed by atoms with Crippen LogP contribution in [0.15, 0.2) is 24.3 Å². The highest BCUT2D eigenvalue weighted by molar-refractivity contribution is 6.41. The van der Waals surface area contributed by atoms with Crippen LogP contribution >= 0.6 is 0 Å². The van der Waals surface area contributed by atoms with E-state index in [0.717, 1.165) is 10.9 Å². The van der Waals surface area contributed by atoms with Crippen molar-refractivity contribution in [3.8, 4) is 11.8 Å². The molecule has 2 aromatic rings. The van der Waals surface area contributed by atoms with Crippen molar-refractivity contribution in [2.45, 2.75) is 63.9 Å². The minimum atomic E-state index is -1.27. The highest BCUT2D eigenvalue weighted by atomic mass is 16.5. The molecule has 3 amide bonds. The second-order valence-electron chi connectivity index (χ2n) is 10.6. The molecule has 3 rings (SSSR count). The van der Waals surface area contributed by atoms with Crippen LogP contribution in [0.1, 0.15) is 56.9 Å². The largest absolute Gasteiger partial charge is 0.496 e. The first-order valence-electron chi connectivity index (χ1n) is 11.9. The van der Waals surface area contributed by atoms with Gasteiger partial charge in [-0.2, -0.15) is 5.26 Å². The highest BCUT2D eigenvalue weighted by Crippen LogP contribution is 2.27. The van der Waals surface area contributed by atoms with Crippen LogP contribution < -0.4 is 20.7 Å². The van der Waals surface area contributed by atoms with Crippen molar-refractivity contribution in [2.75, 3.05) is 7.11 Å². The lowest BCUT2D eigenvalue weighted by Gasteiger charge is -2.36. The predicted octanol–water partition coefficient (Wildman–Crippen LogP) is 1.63. The summed E-state index contributed by atoms with van der Waals surface area (Å²) < 4.78 is 5.35. The average molecular weight is 487 g/mol. The summed E-state index contributed by atoms with van der Waals surface area (Å²) >= 11 is 0. The highest BCUT2D eigenvalue weighted by Gasteiger charge is 2.35. The van der Waals surface area contributed by atoms with Gasteiger partial charge in [-0.05, 0) is 54.6 Å². The lowest BCUT2D eigenvalue weighted by molar-refractivity contribution is -0.129. The molecule has 1 saturated heterocycles. The molecule has 0 saturated carbocycles. The van der Waals surface area contributed by atoms with Crippen molar-refractivity contribution in [1.29, 1.82) is 5.26 Å². The molecule has 4 N–H and O–H groups in total. The van der Waals surface area contributed by atoms with E-state index in [2.05, 4.69) is 20.9 Å². The lowest BCUT2D eigenvalue weighted by Crippen LogP contribution is -2.56. The van der Waals surface area contributed by atoms with Crippen molar-refractivity contribution < 1.29 is 19.1 Å². The number of amides is 3. The number of carbonyl (C=O) groups excluding carboxylic acids is 3. The Labute approximate surface area is 213 Å². The fourth-order valence-electron chi connectivity index (χ4n) is 4.35. The standard InChI is InChI=1S/C25H31B2N5O4/c1-24(2,3)12-19(31-22(34)18-11-16-17(30-18)6-5-7-20(16)36-4)23(35)29-15(13-28)10-14-8-9-25(26,27)32-21(14)33/h5-7,11,14-15,19,30H,8-10,12H2,1-4H3,(H,29,35)(H,31,34)(H,32,33)/t14-,15-,19-/m0/s1. The van der Waals surface area contributed by atoms with Gasteiger partial charge in [0.25, 0.3) is 5.91 Å². The number of hydrogen-bond acceptors (Lipinski definition) is 5. The van der Waals surface area contributed by atoms with E-state index in [9.17, 15) is 19.6 Å². The molecule has 0 aliphatic carbocycles. The van der Waals surface area contributed by atoms with Crippen LogP contribution in [0.25, 0.3) is 10.9 Å². The van der Waals surface area contributed by atoms with Crippen LogP contribution in [-0.4, -0.2) is 62.9 Å². The summed E-state index contributed by atoms with van der Waals surface area (Å²) in [5, 5.41) is 17.1. The number of benzene rings is 1. The Bertz CT molecular complexity index is 1180. The van der Waals surface area contributed by atoms with E-state index < -0.39 is 35.2 Å². The van der Waals surface area contributed by atoms with Crippen molar-refractivity contribution in [2.24, 2.45) is 11.3 Å². The first-order chi connectivity index (χ1) is 16.8. The Morgan fingerprint density at radius 1 is 1.31 bits per heavy atom. The van der Waals surface area contributed by atoms with Gasteiger partial charge in [0.1, 0.15) is 23.5 Å². The molecule has 0 bridgehead atoms. The first-order valence-corrected chi connectivity index (χ1v) is 11.9. The molecule has 1 aliphatic rings. The maximum atomic E-state index is 13.2. The van der Waals surface area contributed by atoms with Crippen LogP contribution in [0.2, 0.25) is 0 Å². The fraction of sp³-hybridized carbons (Fsp3) is 0.520. The zero-order valence-electron chi connectivity index (χ0n) is 21.1. The molecule has 1 fully saturated rings. The van der Waals surface area contributed by atoms with E-state index in [1.165, 1.54) is 0 Å². The minimum absolute atomic E-state index is 0.113. The molecule has 4 radical (unpaired) electrons. The van der Waals surface area contributed by atoms with Crippen LogP contribution in [0.3, 0.4) is 0 Å². The Balaban J connectivity index is 1.72. The van der Waals surface area contributed by atoms with E-state index >= 15 is 0 Å². The van der Waals surface area contributed by atoms with Crippen LogP contribution in [0.4, 0.5) is 0 Å². The molecule has 9 nitrogen and oxygen atoms in total. The molecule has 3 atom stereocenters. The van der Waals surface area contributed by atoms with Gasteiger partial charge in [-0.1, -0.05) is 26.8 Å². The molecule has 1 aliphatic heterocycles. The summed E-state index contributed by atoms with van der Waals surface area (Å²) in [6.45, 7) is 5.85. The molecular weight excluding hydrogens is 456 g/mol. The Kier molecular flexibility index (Phi) is 8.07. The summed E-state index contributed by atoms with van der Waals surface area (Å²) in [5.41, 5.74) is 0.713. The summed E-state index contributed by atoms with van der Waals surface area (Å²) in [5.74, 6) is -1.19. The zero-order valence-corrected chi connectivity index (χ0v) is 21.1. The fourth-order valence-corrected chi connectivity index (χ4v) is 4.35. The molecule has 2 heterocycles. The van der Waals surface area contributed by atoms with Gasteiger partial charge in [0.2, 0.25) is 11.8 Å². The number of hydrogen-bond donors (Lipinski definition) is 4. The molecule has 0 spiro atoms. The number of piperidine rings is 1. The average Bonchev–Trinajstić information content (AvgIpc) is 3.23. The Morgan fingerprint density at radius 2 is 2.03 bits per heavy atom. The number of methoxy groups -OCH3 is 1. The van der Waals surface area contributed by atoms with E-state index in [4.69, 9.17) is 20.4 Å². The third-order valence-corrected chi connectivity index (χ3v) is 6.15. The number of H-pyrrole nitrogens is 1. The monoisotopic (exact) mass is 487 g/mol. The van der Waals surface area contributed by atoms with Crippen molar-refractivity contribution in [1.82, 2.24) is 20.9 Å². The number of nitrogens with one attached hydrogen (secondary N) is 4. The molecule has 11 heteroatoms. The number of ether oxygens (including phenoxy) is 1. The number of nitriles is 1. The number of fused-ring (bicyclic) bond motifs is 1. The topological polar surface area (TPSA) is 136 Å². The lowest BCUT2D eigenvalue weighted by atomic mass is 9.57. The van der Waals surface area contributed by atoms with Gasteiger partial charge in [0.05, 0.1) is 28.9 Å². The predicted molar refractivity (Wildman–Crippen MR) is 137 cm³/mol. The molecule has 186 valence electrons. The first kappa shape index (κ1) is 27.2. The van der Waals surface area contributed by atoms with Crippen LogP contribution in [0.5, 0.6) is 5.75 Å². The van der Waals surface area contributed by atoms with E-state index in [0.29, 0.717) is 25.0 Å². The second kappa shape index (κ2) is 10.7. The van der Waals surface area contributed by atoms with Crippen molar-refractivity contribution in [3.63, 3.8) is 0 Å². The molecule has 0 unspecified atom stereocenters. The van der Waals surface area contributed by atoms with Gasteiger partial charge < -0.3 is 25.7 Å². The normalized spacial score (nSPS) is 19.0. The van der Waals surface area contributed by atoms with E-state index in [-0.39, 0.29) is 23.4 Å². The maximum Gasteiger partial charge on any atom is 0.268 e. The zero-order chi connectivity index (χ0) is 26.7. The van der Waals surface area contributed by atoms with Gasteiger partial charge in [-0.25, -0.2) is 0 Å². The number of nitrogens with zero attached hydrogens (tertiary/aromatic N) is 1. The summed E-state index contributed by atoms with van der Waals surface area (Å²) in [6.07, 6.45) is 1.20. The number of carbonyl (C=O) groups is 3. The second-order valence-corrected chi connectivity index (χ2v) is 10.6. The maximum absolute atomic E-state index is 13.2. The van der Waals surface area contributed by atoms with Crippen molar-refractivity contribution in [3.05, 3.63) is 30.0 Å². The van der Waals surface area contributed by atoms with Gasteiger partial charge >= 0.3 is 0 Å². The van der Waals surface area contributed by atoms with E-state index in [1.807, 2.05) is 39.0 Å². The van der Waals surface area contributed by atoms with Gasteiger partial charge in [0.15, 0.2) is 0 Å². The number of aromatic amines is 1. The quantitative estimate of drug-likeness (QED) is 0.420. The van der Waals surface area contributed by atoms with Gasteiger partial charge in [-0.3, -0.25) is 14.4 Å². The van der Waals surface area contributed by atoms with Crippen LogP contribution in [-0.2, 0) is 9.59 Å². The molecule has 1 aromatic heterocycles. The van der Waals surface area contributed by atoms with Crippen molar-refractivity contribution >= 4 is 44.3 Å². The number of aromatic nitrogens is 1. The SMILES string of the molecule is [B]C1([B])CC[C@@H](C[C@@H](C#N)NC(=O)[C@H](CC(C)(C)C)NC(=O)c2cc3c(OC)cccc3[nH]2)C(=O)N1. The summed E-state index contributed by atoms with van der Waals surface area (Å²) in [7, 11) is 13.1. The third kappa shape index (κ3) is 6.84. The van der Waals surface area contributed by atoms with Gasteiger partial charge in [0, 0.05) is 16.8 Å². The third-order valence-electron chi connectivity index (χ3n) is 6.15. The van der Waals surface area contributed by atoms with E-state index in [1.54, 1.807) is 19.2 Å². The summed E-state index contributed by atoms with van der Waals surface area (Å²) in [4.78, 5) is 41.7. The Hall–Kier alpha value is -3.41. The minimum Gasteiger partial charge on any atom is -0.496 e. The molecule has 1 aromatic carbocycles. The molecular formula is C25H31B2N5O4. The smallest absolute Gasteiger partial charge is 0.268 e. The Morgan fingerprint density at radius 3 is 2.64 bits per heavy atom. The van der Waals surface area contributed by atoms with Crippen LogP contribution in [0, 0.1) is 22.7 Å². The molecule has 36 heavy (non-hydrogen) atoms. The van der Waals surface area contributed by atoms with Gasteiger partial charge in [-0.15, -0.1) is 0 Å². The summed E-state index contributed by atoms with van der Waals surface area (Å²) in [6, 6.07) is 7.33. The number of rotatable bonds is 8.